The van der Waals surface area contributed by atoms with E-state index in [4.69, 9.17) is 10.5 Å². The molecule has 0 bridgehead atoms. The number of carbonyl (C=O) groups excluding carboxylic acids is 1. The molecule has 0 spiro atoms. The molecule has 0 saturated carbocycles. The zero-order valence-electron chi connectivity index (χ0n) is 11.4. The molecule has 0 fully saturated rings. The number of likely N-dealkylation sites (N-methyl/N-ethyl adjacent to an activating group) is 1. The summed E-state index contributed by atoms with van der Waals surface area (Å²) in [5.74, 6) is -0.0272. The number of rotatable bonds is 4. The lowest BCUT2D eigenvalue weighted by molar-refractivity contribution is 0.0635. The number of methoxy groups -OCH3 is 1. The Balaban J connectivity index is 2.31. The minimum atomic E-state index is -0.0272. The molecule has 1 aromatic heterocycles. The van der Waals surface area contributed by atoms with Gasteiger partial charge in [-0.2, -0.15) is 0 Å². The Kier molecular flexibility index (Phi) is 3.76. The largest absolute Gasteiger partial charge is 0.399 e. The number of hydrogen-bond donors (Lipinski definition) is 2. The highest BCUT2D eigenvalue weighted by molar-refractivity contribution is 6.07. The third-order valence-corrected chi connectivity index (χ3v) is 3.33. The maximum absolute atomic E-state index is 12.4. The van der Waals surface area contributed by atoms with Crippen molar-refractivity contribution in [3.8, 4) is 0 Å². The number of hydrogen-bond acceptors (Lipinski definition) is 3. The zero-order valence-corrected chi connectivity index (χ0v) is 11.4. The zero-order chi connectivity index (χ0) is 14.0. The van der Waals surface area contributed by atoms with Gasteiger partial charge in [-0.05, 0) is 25.1 Å². The van der Waals surface area contributed by atoms with Crippen LogP contribution in [0.3, 0.4) is 0 Å². The smallest absolute Gasteiger partial charge is 0.256 e. The van der Waals surface area contributed by atoms with Gasteiger partial charge >= 0.3 is 0 Å². The summed E-state index contributed by atoms with van der Waals surface area (Å²) < 4.78 is 5.08. The first-order chi connectivity index (χ1) is 9.04. The summed E-state index contributed by atoms with van der Waals surface area (Å²) in [6, 6.07) is 5.51. The van der Waals surface area contributed by atoms with Gasteiger partial charge < -0.3 is 20.4 Å². The summed E-state index contributed by atoms with van der Waals surface area (Å²) in [6.45, 7) is 2.46. The number of benzene rings is 1. The van der Waals surface area contributed by atoms with Gasteiger partial charge in [0.05, 0.1) is 18.2 Å². The fourth-order valence-electron chi connectivity index (χ4n) is 2.06. The van der Waals surface area contributed by atoms with Crippen molar-refractivity contribution in [3.63, 3.8) is 0 Å². The van der Waals surface area contributed by atoms with Crippen LogP contribution in [0, 0.1) is 0 Å². The van der Waals surface area contributed by atoms with Crippen LogP contribution >= 0.6 is 0 Å². The second-order valence-corrected chi connectivity index (χ2v) is 4.73. The minimum Gasteiger partial charge on any atom is -0.399 e. The second kappa shape index (κ2) is 5.32. The minimum absolute atomic E-state index is 0.0243. The van der Waals surface area contributed by atoms with Gasteiger partial charge in [0.15, 0.2) is 0 Å². The third-order valence-electron chi connectivity index (χ3n) is 3.33. The van der Waals surface area contributed by atoms with Gasteiger partial charge in [0.2, 0.25) is 0 Å². The molecule has 5 nitrogen and oxygen atoms in total. The van der Waals surface area contributed by atoms with E-state index < -0.39 is 0 Å². The van der Waals surface area contributed by atoms with E-state index in [0.29, 0.717) is 17.9 Å². The lowest BCUT2D eigenvalue weighted by atomic mass is 10.1. The first-order valence-electron chi connectivity index (χ1n) is 6.17. The number of nitrogens with zero attached hydrogens (tertiary/aromatic N) is 1. The Labute approximate surface area is 112 Å². The van der Waals surface area contributed by atoms with Crippen molar-refractivity contribution in [3.05, 3.63) is 30.0 Å². The van der Waals surface area contributed by atoms with E-state index in [9.17, 15) is 4.79 Å². The Bertz CT molecular complexity index is 591. The summed E-state index contributed by atoms with van der Waals surface area (Å²) in [4.78, 5) is 17.2. The molecule has 1 amide bonds. The van der Waals surface area contributed by atoms with E-state index in [0.717, 1.165) is 10.9 Å². The molecule has 1 aromatic carbocycles. The average Bonchev–Trinajstić information content (AvgIpc) is 2.80. The third kappa shape index (κ3) is 2.56. The summed E-state index contributed by atoms with van der Waals surface area (Å²) >= 11 is 0. The fourth-order valence-corrected chi connectivity index (χ4v) is 2.06. The van der Waals surface area contributed by atoms with E-state index in [-0.39, 0.29) is 11.9 Å². The molecular formula is C14H19N3O2. The van der Waals surface area contributed by atoms with Gasteiger partial charge in [0.25, 0.3) is 5.91 Å². The Morgan fingerprint density at radius 3 is 2.95 bits per heavy atom. The maximum Gasteiger partial charge on any atom is 0.256 e. The normalized spacial score (nSPS) is 12.6. The summed E-state index contributed by atoms with van der Waals surface area (Å²) in [6.07, 6.45) is 1.72. The maximum atomic E-state index is 12.4. The molecule has 0 aliphatic heterocycles. The SMILES string of the molecule is COCC(C)N(C)C(=O)c1c[nH]c2cc(N)ccc12. The number of fused-ring (bicyclic) bond motifs is 1. The molecule has 0 aliphatic carbocycles. The van der Waals surface area contributed by atoms with Crippen LogP contribution in [0.15, 0.2) is 24.4 Å². The monoisotopic (exact) mass is 261 g/mol. The van der Waals surface area contributed by atoms with Gasteiger partial charge in [-0.3, -0.25) is 4.79 Å². The second-order valence-electron chi connectivity index (χ2n) is 4.73. The first kappa shape index (κ1) is 13.4. The Morgan fingerprint density at radius 2 is 2.26 bits per heavy atom. The highest BCUT2D eigenvalue weighted by atomic mass is 16.5. The van der Waals surface area contributed by atoms with Crippen molar-refractivity contribution in [1.82, 2.24) is 9.88 Å². The van der Waals surface area contributed by atoms with Crippen LogP contribution in [-0.2, 0) is 4.74 Å². The molecule has 0 saturated heterocycles. The number of amides is 1. The molecule has 102 valence electrons. The molecule has 3 N–H and O–H groups in total. The summed E-state index contributed by atoms with van der Waals surface area (Å²) in [7, 11) is 3.41. The number of nitrogens with two attached hydrogens (primary N) is 1. The van der Waals surface area contributed by atoms with Gasteiger partial charge in [0.1, 0.15) is 0 Å². The number of anilines is 1. The van der Waals surface area contributed by atoms with Crippen LogP contribution in [0.1, 0.15) is 17.3 Å². The highest BCUT2D eigenvalue weighted by Gasteiger charge is 2.20. The van der Waals surface area contributed by atoms with Crippen LogP contribution in [0.2, 0.25) is 0 Å². The molecule has 0 radical (unpaired) electrons. The molecule has 1 atom stereocenters. The standard InChI is InChI=1S/C14H19N3O2/c1-9(8-19-3)17(2)14(18)12-7-16-13-6-10(15)4-5-11(12)13/h4-7,9,16H,8,15H2,1-3H3. The Hall–Kier alpha value is -2.01. The number of H-pyrrole nitrogens is 1. The van der Waals surface area contributed by atoms with E-state index >= 15 is 0 Å². The lowest BCUT2D eigenvalue weighted by Crippen LogP contribution is -2.37. The molecular weight excluding hydrogens is 242 g/mol. The van der Waals surface area contributed by atoms with Crippen LogP contribution in [0.4, 0.5) is 5.69 Å². The van der Waals surface area contributed by atoms with Gasteiger partial charge in [0, 0.05) is 36.9 Å². The van der Waals surface area contributed by atoms with E-state index in [1.54, 1.807) is 31.3 Å². The summed E-state index contributed by atoms with van der Waals surface area (Å²) in [5.41, 5.74) is 7.92. The highest BCUT2D eigenvalue weighted by Crippen LogP contribution is 2.22. The number of ether oxygens (including phenoxy) is 1. The fraction of sp³-hybridized carbons (Fsp3) is 0.357. The van der Waals surface area contributed by atoms with E-state index in [2.05, 4.69) is 4.98 Å². The quantitative estimate of drug-likeness (QED) is 0.825. The molecule has 5 heteroatoms. The number of aromatic nitrogens is 1. The number of nitrogens with one attached hydrogen (secondary N) is 1. The van der Waals surface area contributed by atoms with Gasteiger partial charge in [-0.1, -0.05) is 0 Å². The van der Waals surface area contributed by atoms with Gasteiger partial charge in [-0.15, -0.1) is 0 Å². The van der Waals surface area contributed by atoms with Crippen LogP contribution in [0.5, 0.6) is 0 Å². The van der Waals surface area contributed by atoms with E-state index in [1.165, 1.54) is 0 Å². The number of carbonyl (C=O) groups is 1. The number of aromatic amines is 1. The van der Waals surface area contributed by atoms with Crippen molar-refractivity contribution in [1.29, 1.82) is 0 Å². The topological polar surface area (TPSA) is 71.3 Å². The first-order valence-corrected chi connectivity index (χ1v) is 6.17. The molecule has 2 rings (SSSR count). The average molecular weight is 261 g/mol. The Morgan fingerprint density at radius 1 is 1.53 bits per heavy atom. The predicted octanol–water partition coefficient (Wildman–Crippen LogP) is 1.86. The summed E-state index contributed by atoms with van der Waals surface area (Å²) in [5, 5.41) is 0.885. The van der Waals surface area contributed by atoms with E-state index in [1.807, 2.05) is 19.1 Å². The van der Waals surface area contributed by atoms with Crippen molar-refractivity contribution in [2.45, 2.75) is 13.0 Å². The molecule has 19 heavy (non-hydrogen) atoms. The van der Waals surface area contributed by atoms with Crippen molar-refractivity contribution < 1.29 is 9.53 Å². The van der Waals surface area contributed by atoms with Crippen LogP contribution in [-0.4, -0.2) is 42.6 Å². The van der Waals surface area contributed by atoms with Gasteiger partial charge in [-0.25, -0.2) is 0 Å². The predicted molar refractivity (Wildman–Crippen MR) is 76.1 cm³/mol. The molecule has 0 aliphatic rings. The van der Waals surface area contributed by atoms with Crippen molar-refractivity contribution in [2.24, 2.45) is 0 Å². The molecule has 1 heterocycles. The van der Waals surface area contributed by atoms with Crippen molar-refractivity contribution >= 4 is 22.5 Å². The van der Waals surface area contributed by atoms with Crippen molar-refractivity contribution in [2.75, 3.05) is 26.5 Å². The van der Waals surface area contributed by atoms with Crippen LogP contribution < -0.4 is 5.73 Å². The molecule has 2 aromatic rings. The van der Waals surface area contributed by atoms with Crippen LogP contribution in [0.25, 0.3) is 10.9 Å². The lowest BCUT2D eigenvalue weighted by Gasteiger charge is -2.24. The molecule has 1 unspecified atom stereocenters. The number of nitrogen functional groups attached to an aromatic ring is 1.